The van der Waals surface area contributed by atoms with E-state index < -0.39 is 0 Å². The van der Waals surface area contributed by atoms with Crippen LogP contribution in [-0.4, -0.2) is 34.5 Å². The van der Waals surface area contributed by atoms with Gasteiger partial charge in [0.25, 0.3) is 0 Å². The molecule has 2 aromatic rings. The molecule has 4 N–H and O–H groups in total. The maximum absolute atomic E-state index is 5.84. The Labute approximate surface area is 86.6 Å². The SMILES string of the molecule is CNCN=C(N)c1ccnc2nc[nH]c12. The summed E-state index contributed by atoms with van der Waals surface area (Å²) in [6.07, 6.45) is 3.26. The highest BCUT2D eigenvalue weighted by Gasteiger charge is 2.06. The predicted molar refractivity (Wildman–Crippen MR) is 58.5 cm³/mol. The molecule has 0 aliphatic heterocycles. The molecule has 0 saturated carbocycles. The van der Waals surface area contributed by atoms with Gasteiger partial charge < -0.3 is 16.0 Å². The summed E-state index contributed by atoms with van der Waals surface area (Å²) < 4.78 is 0. The maximum Gasteiger partial charge on any atom is 0.178 e. The molecule has 0 unspecified atom stereocenters. The summed E-state index contributed by atoms with van der Waals surface area (Å²) in [4.78, 5) is 15.3. The molecule has 0 bridgehead atoms. The monoisotopic (exact) mass is 204 g/mol. The summed E-state index contributed by atoms with van der Waals surface area (Å²) >= 11 is 0. The molecule has 2 aromatic heterocycles. The first-order chi connectivity index (χ1) is 7.33. The van der Waals surface area contributed by atoms with Gasteiger partial charge in [0.15, 0.2) is 5.65 Å². The molecule has 6 nitrogen and oxygen atoms in total. The van der Waals surface area contributed by atoms with Gasteiger partial charge in [0.1, 0.15) is 5.84 Å². The Bertz CT molecular complexity index is 486. The molecule has 0 amide bonds. The standard InChI is InChI=1S/C9H12N6/c1-11-4-14-8(10)6-2-3-12-9-7(6)13-5-15-9/h2-3,5,11H,4H2,1H3,(H2,10,14)(H,12,13,15). The number of nitrogens with two attached hydrogens (primary N) is 1. The van der Waals surface area contributed by atoms with Gasteiger partial charge in [-0.05, 0) is 13.1 Å². The Morgan fingerprint density at radius 3 is 3.27 bits per heavy atom. The summed E-state index contributed by atoms with van der Waals surface area (Å²) in [5, 5.41) is 2.90. The van der Waals surface area contributed by atoms with Crippen molar-refractivity contribution in [2.75, 3.05) is 13.7 Å². The lowest BCUT2D eigenvalue weighted by Gasteiger charge is -2.01. The van der Waals surface area contributed by atoms with Crippen LogP contribution in [0.15, 0.2) is 23.6 Å². The van der Waals surface area contributed by atoms with Gasteiger partial charge in [-0.2, -0.15) is 0 Å². The Kier molecular flexibility index (Phi) is 2.59. The van der Waals surface area contributed by atoms with Crippen LogP contribution in [0.1, 0.15) is 5.56 Å². The average Bonchev–Trinajstić information content (AvgIpc) is 2.73. The van der Waals surface area contributed by atoms with Crippen molar-refractivity contribution in [2.24, 2.45) is 10.7 Å². The molecular formula is C9H12N6. The molecule has 2 heterocycles. The van der Waals surface area contributed by atoms with E-state index in [9.17, 15) is 0 Å². The van der Waals surface area contributed by atoms with Crippen LogP contribution in [-0.2, 0) is 0 Å². The topological polar surface area (TPSA) is 92.0 Å². The van der Waals surface area contributed by atoms with E-state index in [-0.39, 0.29) is 0 Å². The van der Waals surface area contributed by atoms with Gasteiger partial charge in [-0.15, -0.1) is 0 Å². The van der Waals surface area contributed by atoms with Crippen LogP contribution in [0.5, 0.6) is 0 Å². The van der Waals surface area contributed by atoms with Crippen molar-refractivity contribution < 1.29 is 0 Å². The van der Waals surface area contributed by atoms with E-state index in [2.05, 4.69) is 25.3 Å². The Hall–Kier alpha value is -1.95. The number of pyridine rings is 1. The molecule has 0 aromatic carbocycles. The minimum Gasteiger partial charge on any atom is -0.383 e. The van der Waals surface area contributed by atoms with Crippen molar-refractivity contribution in [1.82, 2.24) is 20.3 Å². The average molecular weight is 204 g/mol. The molecule has 78 valence electrons. The first kappa shape index (κ1) is 9.60. The van der Waals surface area contributed by atoms with Crippen LogP contribution in [0.4, 0.5) is 0 Å². The van der Waals surface area contributed by atoms with Gasteiger partial charge in [0, 0.05) is 11.8 Å². The van der Waals surface area contributed by atoms with Crippen molar-refractivity contribution in [3.63, 3.8) is 0 Å². The van der Waals surface area contributed by atoms with Gasteiger partial charge in [0.2, 0.25) is 0 Å². The van der Waals surface area contributed by atoms with Crippen molar-refractivity contribution in [1.29, 1.82) is 0 Å². The van der Waals surface area contributed by atoms with Crippen molar-refractivity contribution in [3.05, 3.63) is 24.2 Å². The first-order valence-electron chi connectivity index (χ1n) is 4.56. The summed E-state index contributed by atoms with van der Waals surface area (Å²) in [6, 6.07) is 1.81. The number of aromatic amines is 1. The lowest BCUT2D eigenvalue weighted by atomic mass is 10.2. The third-order valence-corrected chi connectivity index (χ3v) is 2.01. The number of hydrogen-bond donors (Lipinski definition) is 3. The molecule has 0 fully saturated rings. The van der Waals surface area contributed by atoms with Gasteiger partial charge in [-0.3, -0.25) is 4.99 Å². The Morgan fingerprint density at radius 1 is 1.60 bits per heavy atom. The fourth-order valence-electron chi connectivity index (χ4n) is 1.31. The highest BCUT2D eigenvalue weighted by atomic mass is 15.0. The van der Waals surface area contributed by atoms with Crippen LogP contribution in [0.2, 0.25) is 0 Å². The molecule has 0 saturated heterocycles. The second-order valence-corrected chi connectivity index (χ2v) is 3.01. The molecule has 0 atom stereocenters. The quantitative estimate of drug-likeness (QED) is 0.478. The number of fused-ring (bicyclic) bond motifs is 1. The van der Waals surface area contributed by atoms with Crippen molar-refractivity contribution in [3.8, 4) is 0 Å². The number of H-pyrrole nitrogens is 1. The largest absolute Gasteiger partial charge is 0.383 e. The van der Waals surface area contributed by atoms with Crippen LogP contribution in [0, 0.1) is 0 Å². The van der Waals surface area contributed by atoms with Crippen LogP contribution >= 0.6 is 0 Å². The number of rotatable bonds is 3. The van der Waals surface area contributed by atoms with Gasteiger partial charge in [-0.25, -0.2) is 9.97 Å². The van der Waals surface area contributed by atoms with Crippen LogP contribution in [0.25, 0.3) is 11.2 Å². The van der Waals surface area contributed by atoms with Crippen molar-refractivity contribution >= 4 is 17.0 Å². The van der Waals surface area contributed by atoms with Gasteiger partial charge in [0.05, 0.1) is 18.5 Å². The molecule has 15 heavy (non-hydrogen) atoms. The normalized spacial score (nSPS) is 12.2. The van der Waals surface area contributed by atoms with E-state index in [1.807, 2.05) is 13.1 Å². The van der Waals surface area contributed by atoms with Crippen LogP contribution < -0.4 is 11.1 Å². The number of aromatic nitrogens is 3. The molecule has 0 aliphatic rings. The third-order valence-electron chi connectivity index (χ3n) is 2.01. The van der Waals surface area contributed by atoms with Crippen molar-refractivity contribution in [2.45, 2.75) is 0 Å². The predicted octanol–water partition coefficient (Wildman–Crippen LogP) is -0.160. The highest BCUT2D eigenvalue weighted by molar-refractivity contribution is 6.06. The van der Waals surface area contributed by atoms with Gasteiger partial charge >= 0.3 is 0 Å². The van der Waals surface area contributed by atoms with E-state index in [1.165, 1.54) is 0 Å². The van der Waals surface area contributed by atoms with E-state index in [4.69, 9.17) is 5.73 Å². The van der Waals surface area contributed by atoms with Gasteiger partial charge in [-0.1, -0.05) is 0 Å². The van der Waals surface area contributed by atoms with E-state index in [0.29, 0.717) is 18.2 Å². The second kappa shape index (κ2) is 4.05. The molecule has 2 rings (SSSR count). The number of nitrogens with one attached hydrogen (secondary N) is 2. The first-order valence-corrected chi connectivity index (χ1v) is 4.56. The highest BCUT2D eigenvalue weighted by Crippen LogP contribution is 2.11. The third kappa shape index (κ3) is 1.79. The molecular weight excluding hydrogens is 192 g/mol. The number of hydrogen-bond acceptors (Lipinski definition) is 4. The maximum atomic E-state index is 5.84. The number of nitrogens with zero attached hydrogens (tertiary/aromatic N) is 3. The lowest BCUT2D eigenvalue weighted by molar-refractivity contribution is 0.833. The number of imidazole rings is 1. The summed E-state index contributed by atoms with van der Waals surface area (Å²) in [5.41, 5.74) is 8.13. The van der Waals surface area contributed by atoms with E-state index in [0.717, 1.165) is 11.1 Å². The molecule has 0 radical (unpaired) electrons. The zero-order valence-corrected chi connectivity index (χ0v) is 8.36. The minimum absolute atomic E-state index is 0.473. The smallest absolute Gasteiger partial charge is 0.178 e. The van der Waals surface area contributed by atoms with E-state index >= 15 is 0 Å². The number of amidine groups is 1. The zero-order valence-electron chi connectivity index (χ0n) is 8.36. The molecule has 6 heteroatoms. The molecule has 0 spiro atoms. The fraction of sp³-hybridized carbons (Fsp3) is 0.222. The zero-order chi connectivity index (χ0) is 10.7. The van der Waals surface area contributed by atoms with Crippen LogP contribution in [0.3, 0.4) is 0 Å². The fourth-order valence-corrected chi connectivity index (χ4v) is 1.31. The summed E-state index contributed by atoms with van der Waals surface area (Å²) in [6.45, 7) is 0.490. The van der Waals surface area contributed by atoms with E-state index in [1.54, 1.807) is 12.5 Å². The number of aliphatic imine (C=N–C) groups is 1. The lowest BCUT2D eigenvalue weighted by Crippen LogP contribution is -2.17. The summed E-state index contributed by atoms with van der Waals surface area (Å²) in [7, 11) is 1.81. The Morgan fingerprint density at radius 2 is 2.47 bits per heavy atom. The summed E-state index contributed by atoms with van der Waals surface area (Å²) in [5.74, 6) is 0.473. The molecule has 0 aliphatic carbocycles. The Balaban J connectivity index is 2.46. The minimum atomic E-state index is 0.473. The second-order valence-electron chi connectivity index (χ2n) is 3.01.